The second-order valence-corrected chi connectivity index (χ2v) is 7.41. The number of benzene rings is 2. The molecule has 0 spiro atoms. The SMILES string of the molecule is C[C@@H](NC(=O)C[NH+]1CCN(c2ccc([N+](=O)[O-])cc2)CC1)c1ccccc1Cl. The third-order valence-electron chi connectivity index (χ3n) is 5.06. The molecule has 1 aliphatic heterocycles. The molecule has 0 radical (unpaired) electrons. The molecule has 2 N–H and O–H groups in total. The van der Waals surface area contributed by atoms with Crippen molar-refractivity contribution in [3.05, 3.63) is 69.2 Å². The van der Waals surface area contributed by atoms with Crippen molar-refractivity contribution >= 4 is 28.9 Å². The van der Waals surface area contributed by atoms with E-state index >= 15 is 0 Å². The van der Waals surface area contributed by atoms with E-state index in [1.54, 1.807) is 12.1 Å². The van der Waals surface area contributed by atoms with Crippen LogP contribution in [0.5, 0.6) is 0 Å². The Hall–Kier alpha value is -2.64. The lowest BCUT2D eigenvalue weighted by Gasteiger charge is -2.33. The molecular formula is C20H24ClN4O3+. The fraction of sp³-hybridized carbons (Fsp3) is 0.350. The van der Waals surface area contributed by atoms with E-state index in [0.717, 1.165) is 37.4 Å². The van der Waals surface area contributed by atoms with Gasteiger partial charge in [-0.05, 0) is 30.7 Å². The lowest BCUT2D eigenvalue weighted by molar-refractivity contribution is -0.892. The van der Waals surface area contributed by atoms with Crippen molar-refractivity contribution in [2.24, 2.45) is 0 Å². The molecule has 148 valence electrons. The molecule has 1 saturated heterocycles. The van der Waals surface area contributed by atoms with E-state index in [1.165, 1.54) is 17.0 Å². The third kappa shape index (κ3) is 4.99. The van der Waals surface area contributed by atoms with Crippen LogP contribution in [0.15, 0.2) is 48.5 Å². The maximum atomic E-state index is 12.4. The van der Waals surface area contributed by atoms with Crippen LogP contribution in [-0.2, 0) is 4.79 Å². The Labute approximate surface area is 169 Å². The summed E-state index contributed by atoms with van der Waals surface area (Å²) in [5.41, 5.74) is 1.98. The van der Waals surface area contributed by atoms with Gasteiger partial charge < -0.3 is 15.1 Å². The summed E-state index contributed by atoms with van der Waals surface area (Å²) in [4.78, 5) is 26.2. The Bertz CT molecular complexity index is 836. The number of piperazine rings is 1. The first-order valence-corrected chi connectivity index (χ1v) is 9.68. The molecule has 0 saturated carbocycles. The smallest absolute Gasteiger partial charge is 0.275 e. The van der Waals surface area contributed by atoms with E-state index in [9.17, 15) is 14.9 Å². The van der Waals surface area contributed by atoms with Crippen LogP contribution in [0, 0.1) is 10.1 Å². The van der Waals surface area contributed by atoms with Crippen LogP contribution >= 0.6 is 11.6 Å². The van der Waals surface area contributed by atoms with Gasteiger partial charge in [0, 0.05) is 22.8 Å². The van der Waals surface area contributed by atoms with E-state index in [0.29, 0.717) is 11.6 Å². The van der Waals surface area contributed by atoms with Crippen LogP contribution in [0.3, 0.4) is 0 Å². The van der Waals surface area contributed by atoms with Crippen molar-refractivity contribution in [2.75, 3.05) is 37.6 Å². The Morgan fingerprint density at radius 1 is 1.21 bits per heavy atom. The van der Waals surface area contributed by atoms with Crippen LogP contribution in [0.1, 0.15) is 18.5 Å². The standard InChI is InChI=1S/C20H23ClN4O3/c1-15(18-4-2-3-5-19(18)21)22-20(26)14-23-10-12-24(13-11-23)16-6-8-17(9-7-16)25(27)28/h2-9,15H,10-14H2,1H3,(H,22,26)/p+1/t15-/m1/s1. The van der Waals surface area contributed by atoms with Crippen molar-refractivity contribution < 1.29 is 14.6 Å². The number of amides is 1. The van der Waals surface area contributed by atoms with Gasteiger partial charge in [0.25, 0.3) is 11.6 Å². The Morgan fingerprint density at radius 3 is 2.46 bits per heavy atom. The average molecular weight is 404 g/mol. The van der Waals surface area contributed by atoms with Gasteiger partial charge in [0.1, 0.15) is 0 Å². The highest BCUT2D eigenvalue weighted by molar-refractivity contribution is 6.31. The molecule has 1 heterocycles. The Morgan fingerprint density at radius 2 is 1.86 bits per heavy atom. The van der Waals surface area contributed by atoms with Crippen LogP contribution < -0.4 is 15.1 Å². The Balaban J connectivity index is 1.48. The number of non-ortho nitro benzene ring substituents is 1. The molecule has 2 aromatic carbocycles. The number of quaternary nitrogens is 1. The van der Waals surface area contributed by atoms with Gasteiger partial charge in [0.15, 0.2) is 6.54 Å². The lowest BCUT2D eigenvalue weighted by atomic mass is 10.1. The zero-order valence-corrected chi connectivity index (χ0v) is 16.5. The van der Waals surface area contributed by atoms with Gasteiger partial charge in [-0.25, -0.2) is 0 Å². The van der Waals surface area contributed by atoms with Crippen molar-refractivity contribution in [1.29, 1.82) is 0 Å². The number of anilines is 1. The highest BCUT2D eigenvalue weighted by Crippen LogP contribution is 2.22. The summed E-state index contributed by atoms with van der Waals surface area (Å²) >= 11 is 6.20. The average Bonchev–Trinajstić information content (AvgIpc) is 2.69. The maximum absolute atomic E-state index is 12.4. The quantitative estimate of drug-likeness (QED) is 0.569. The normalized spacial score (nSPS) is 15.9. The molecule has 0 aromatic heterocycles. The van der Waals surface area contributed by atoms with Crippen LogP contribution in [0.2, 0.25) is 5.02 Å². The summed E-state index contributed by atoms with van der Waals surface area (Å²) < 4.78 is 0. The zero-order valence-electron chi connectivity index (χ0n) is 15.7. The molecule has 7 nitrogen and oxygen atoms in total. The van der Waals surface area contributed by atoms with Gasteiger partial charge >= 0.3 is 0 Å². The summed E-state index contributed by atoms with van der Waals surface area (Å²) in [6, 6.07) is 14.0. The van der Waals surface area contributed by atoms with Crippen LogP contribution in [0.25, 0.3) is 0 Å². The van der Waals surface area contributed by atoms with Crippen LogP contribution in [0.4, 0.5) is 11.4 Å². The summed E-state index contributed by atoms with van der Waals surface area (Å²) in [6.45, 7) is 5.64. The van der Waals surface area contributed by atoms with E-state index in [2.05, 4.69) is 10.2 Å². The maximum Gasteiger partial charge on any atom is 0.275 e. The molecule has 8 heteroatoms. The van der Waals surface area contributed by atoms with E-state index < -0.39 is 4.92 Å². The fourth-order valence-corrected chi connectivity index (χ4v) is 3.77. The van der Waals surface area contributed by atoms with Gasteiger partial charge in [0.2, 0.25) is 0 Å². The number of nitrogens with one attached hydrogen (secondary N) is 2. The van der Waals surface area contributed by atoms with Gasteiger partial charge in [-0.15, -0.1) is 0 Å². The second kappa shape index (κ2) is 9.03. The minimum atomic E-state index is -0.395. The van der Waals surface area contributed by atoms with E-state index in [1.807, 2.05) is 31.2 Å². The van der Waals surface area contributed by atoms with E-state index in [-0.39, 0.29) is 17.6 Å². The highest BCUT2D eigenvalue weighted by atomic mass is 35.5. The minimum absolute atomic E-state index is 0.00575. The summed E-state index contributed by atoms with van der Waals surface area (Å²) in [5, 5.41) is 14.4. The molecule has 1 amide bonds. The number of nitro benzene ring substituents is 1. The Kier molecular flexibility index (Phi) is 6.49. The molecule has 1 aliphatic rings. The molecule has 2 aromatic rings. The predicted octanol–water partition coefficient (Wildman–Crippen LogP) is 1.83. The van der Waals surface area contributed by atoms with E-state index in [4.69, 9.17) is 11.6 Å². The molecule has 28 heavy (non-hydrogen) atoms. The van der Waals surface area contributed by atoms with Gasteiger partial charge in [0.05, 0.1) is 37.1 Å². The molecule has 1 atom stereocenters. The number of hydrogen-bond acceptors (Lipinski definition) is 4. The summed E-state index contributed by atoms with van der Waals surface area (Å²) in [6.07, 6.45) is 0. The van der Waals surface area contributed by atoms with Crippen molar-refractivity contribution in [2.45, 2.75) is 13.0 Å². The van der Waals surface area contributed by atoms with Gasteiger partial charge in [-0.1, -0.05) is 29.8 Å². The predicted molar refractivity (Wildman–Crippen MR) is 109 cm³/mol. The number of rotatable bonds is 6. The van der Waals surface area contributed by atoms with Crippen molar-refractivity contribution in [1.82, 2.24) is 5.32 Å². The molecule has 0 bridgehead atoms. The fourth-order valence-electron chi connectivity index (χ4n) is 3.47. The molecule has 1 fully saturated rings. The number of hydrogen-bond donors (Lipinski definition) is 2. The molecule has 0 aliphatic carbocycles. The summed E-state index contributed by atoms with van der Waals surface area (Å²) in [5.74, 6) is 0.00575. The largest absolute Gasteiger partial charge is 0.360 e. The topological polar surface area (TPSA) is 79.9 Å². The summed E-state index contributed by atoms with van der Waals surface area (Å²) in [7, 11) is 0. The zero-order chi connectivity index (χ0) is 20.1. The minimum Gasteiger partial charge on any atom is -0.360 e. The number of nitro groups is 1. The van der Waals surface area contributed by atoms with Crippen molar-refractivity contribution in [3.8, 4) is 0 Å². The first kappa shape index (κ1) is 20.1. The number of carbonyl (C=O) groups excluding carboxylic acids is 1. The molecule has 3 rings (SSSR count). The number of carbonyl (C=O) groups is 1. The highest BCUT2D eigenvalue weighted by Gasteiger charge is 2.23. The van der Waals surface area contributed by atoms with Crippen LogP contribution in [-0.4, -0.2) is 43.6 Å². The monoisotopic (exact) mass is 403 g/mol. The molecule has 0 unspecified atom stereocenters. The number of nitrogens with zero attached hydrogens (tertiary/aromatic N) is 2. The third-order valence-corrected chi connectivity index (χ3v) is 5.40. The van der Waals surface area contributed by atoms with Gasteiger partial charge in [-0.2, -0.15) is 0 Å². The van der Waals surface area contributed by atoms with Crippen molar-refractivity contribution in [3.63, 3.8) is 0 Å². The second-order valence-electron chi connectivity index (χ2n) is 7.00. The first-order valence-electron chi connectivity index (χ1n) is 9.31. The lowest BCUT2D eigenvalue weighted by Crippen LogP contribution is -3.15. The first-order chi connectivity index (χ1) is 13.4. The number of halogens is 1. The van der Waals surface area contributed by atoms with Gasteiger partial charge in [-0.3, -0.25) is 14.9 Å². The molecular weight excluding hydrogens is 380 g/mol.